The lowest BCUT2D eigenvalue weighted by molar-refractivity contribution is -0.206. The molecule has 1 fully saturated rings. The van der Waals surface area contributed by atoms with Crippen molar-refractivity contribution in [2.75, 3.05) is 13.2 Å². The van der Waals surface area contributed by atoms with Gasteiger partial charge >= 0.3 is 0 Å². The molecule has 0 aromatic heterocycles. The van der Waals surface area contributed by atoms with Gasteiger partial charge in [0.25, 0.3) is 0 Å². The van der Waals surface area contributed by atoms with Crippen LogP contribution in [0.4, 0.5) is 0 Å². The molecule has 1 aromatic rings. The molecule has 1 saturated heterocycles. The zero-order valence-corrected chi connectivity index (χ0v) is 13.6. The first-order valence-electron chi connectivity index (χ1n) is 8.56. The van der Waals surface area contributed by atoms with Crippen molar-refractivity contribution in [1.82, 2.24) is 0 Å². The van der Waals surface area contributed by atoms with Crippen LogP contribution < -0.4 is 0 Å². The number of benzene rings is 1. The van der Waals surface area contributed by atoms with E-state index in [2.05, 4.69) is 13.0 Å². The quantitative estimate of drug-likeness (QED) is 0.637. The van der Waals surface area contributed by atoms with Crippen LogP contribution in [0.25, 0.3) is 0 Å². The number of nitriles is 1. The van der Waals surface area contributed by atoms with E-state index < -0.39 is 0 Å². The van der Waals surface area contributed by atoms with Crippen molar-refractivity contribution in [3.8, 4) is 6.07 Å². The van der Waals surface area contributed by atoms with E-state index in [9.17, 15) is 0 Å². The van der Waals surface area contributed by atoms with Crippen molar-refractivity contribution in [2.24, 2.45) is 5.92 Å². The van der Waals surface area contributed by atoms with Crippen LogP contribution in [0.15, 0.2) is 24.3 Å². The van der Waals surface area contributed by atoms with E-state index in [-0.39, 0.29) is 6.29 Å². The molecular weight excluding hydrogens is 274 g/mol. The van der Waals surface area contributed by atoms with Gasteiger partial charge in [0.15, 0.2) is 6.29 Å². The van der Waals surface area contributed by atoms with E-state index in [1.165, 1.54) is 44.9 Å². The van der Waals surface area contributed by atoms with Gasteiger partial charge in [-0.2, -0.15) is 5.26 Å². The highest BCUT2D eigenvalue weighted by Crippen LogP contribution is 2.27. The van der Waals surface area contributed by atoms with Gasteiger partial charge in [-0.05, 0) is 18.6 Å². The van der Waals surface area contributed by atoms with Gasteiger partial charge in [0, 0.05) is 11.5 Å². The smallest absolute Gasteiger partial charge is 0.183 e. The van der Waals surface area contributed by atoms with Crippen molar-refractivity contribution in [3.63, 3.8) is 0 Å². The van der Waals surface area contributed by atoms with Gasteiger partial charge in [0.2, 0.25) is 0 Å². The molecule has 1 aromatic carbocycles. The van der Waals surface area contributed by atoms with E-state index in [0.29, 0.717) is 11.5 Å². The molecule has 0 atom stereocenters. The van der Waals surface area contributed by atoms with Crippen LogP contribution in [0, 0.1) is 17.2 Å². The van der Waals surface area contributed by atoms with Gasteiger partial charge in [-0.1, -0.05) is 57.6 Å². The summed E-state index contributed by atoms with van der Waals surface area (Å²) >= 11 is 0. The Labute approximate surface area is 134 Å². The third kappa shape index (κ3) is 5.44. The fourth-order valence-electron chi connectivity index (χ4n) is 2.83. The van der Waals surface area contributed by atoms with E-state index in [0.717, 1.165) is 18.8 Å². The van der Waals surface area contributed by atoms with Crippen LogP contribution in [0.2, 0.25) is 0 Å². The Morgan fingerprint density at radius 3 is 2.27 bits per heavy atom. The Balaban J connectivity index is 1.64. The summed E-state index contributed by atoms with van der Waals surface area (Å²) in [5, 5.41) is 8.81. The second-order valence-electron chi connectivity index (χ2n) is 6.15. The fraction of sp³-hybridized carbons (Fsp3) is 0.632. The average molecular weight is 301 g/mol. The number of unbranched alkanes of at least 4 members (excludes halogenated alkanes) is 5. The van der Waals surface area contributed by atoms with Crippen molar-refractivity contribution in [3.05, 3.63) is 35.4 Å². The van der Waals surface area contributed by atoms with E-state index in [1.54, 1.807) is 0 Å². The van der Waals surface area contributed by atoms with E-state index >= 15 is 0 Å². The molecule has 22 heavy (non-hydrogen) atoms. The Bertz CT molecular complexity index is 455. The number of rotatable bonds is 8. The normalized spacial score (nSPS) is 21.5. The molecule has 0 aliphatic carbocycles. The SMILES string of the molecule is CCCCCCCCC1COC(c2ccc(C#N)cc2)OC1. The van der Waals surface area contributed by atoms with Gasteiger partial charge in [-0.3, -0.25) is 0 Å². The van der Waals surface area contributed by atoms with Crippen molar-refractivity contribution in [2.45, 2.75) is 58.2 Å². The predicted molar refractivity (Wildman–Crippen MR) is 87.3 cm³/mol. The second kappa shape index (κ2) is 9.61. The summed E-state index contributed by atoms with van der Waals surface area (Å²) in [6, 6.07) is 9.57. The molecule has 2 rings (SSSR count). The molecule has 3 nitrogen and oxygen atoms in total. The summed E-state index contributed by atoms with van der Waals surface area (Å²) in [6.07, 6.45) is 8.94. The first-order valence-corrected chi connectivity index (χ1v) is 8.56. The minimum atomic E-state index is -0.270. The maximum Gasteiger partial charge on any atom is 0.183 e. The van der Waals surface area contributed by atoms with Crippen LogP contribution in [-0.2, 0) is 9.47 Å². The summed E-state index contributed by atoms with van der Waals surface area (Å²) in [7, 11) is 0. The van der Waals surface area contributed by atoms with Crippen molar-refractivity contribution < 1.29 is 9.47 Å². The molecule has 0 bridgehead atoms. The third-order valence-electron chi connectivity index (χ3n) is 4.24. The fourth-order valence-corrected chi connectivity index (χ4v) is 2.83. The third-order valence-corrected chi connectivity index (χ3v) is 4.24. The van der Waals surface area contributed by atoms with Crippen LogP contribution in [0.1, 0.15) is 69.3 Å². The highest BCUT2D eigenvalue weighted by atomic mass is 16.7. The van der Waals surface area contributed by atoms with E-state index in [1.807, 2.05) is 24.3 Å². The van der Waals surface area contributed by atoms with Gasteiger partial charge < -0.3 is 9.47 Å². The number of ether oxygens (including phenoxy) is 2. The van der Waals surface area contributed by atoms with Crippen LogP contribution in [0.5, 0.6) is 0 Å². The molecule has 0 radical (unpaired) electrons. The molecular formula is C19H27NO2. The highest BCUT2D eigenvalue weighted by molar-refractivity contribution is 5.32. The standard InChI is InChI=1S/C19H27NO2/c1-2-3-4-5-6-7-8-17-14-21-19(22-15-17)18-11-9-16(13-20)10-12-18/h9-12,17,19H,2-8,14-15H2,1H3. The first-order chi connectivity index (χ1) is 10.8. The van der Waals surface area contributed by atoms with Gasteiger partial charge in [0.1, 0.15) is 0 Å². The predicted octanol–water partition coefficient (Wildman–Crippen LogP) is 4.97. The Morgan fingerprint density at radius 1 is 1.00 bits per heavy atom. The van der Waals surface area contributed by atoms with Crippen molar-refractivity contribution >= 4 is 0 Å². The Morgan fingerprint density at radius 2 is 1.64 bits per heavy atom. The number of hydrogen-bond acceptors (Lipinski definition) is 3. The highest BCUT2D eigenvalue weighted by Gasteiger charge is 2.23. The zero-order chi connectivity index (χ0) is 15.6. The second-order valence-corrected chi connectivity index (χ2v) is 6.15. The Hall–Kier alpha value is -1.37. The molecule has 3 heteroatoms. The van der Waals surface area contributed by atoms with Gasteiger partial charge in [-0.15, -0.1) is 0 Å². The molecule has 0 spiro atoms. The zero-order valence-electron chi connectivity index (χ0n) is 13.6. The lowest BCUT2D eigenvalue weighted by atomic mass is 10.0. The summed E-state index contributed by atoms with van der Waals surface area (Å²) in [4.78, 5) is 0. The summed E-state index contributed by atoms with van der Waals surface area (Å²) in [5.41, 5.74) is 1.66. The molecule has 120 valence electrons. The maximum atomic E-state index is 8.81. The summed E-state index contributed by atoms with van der Waals surface area (Å²) in [5.74, 6) is 0.529. The van der Waals surface area contributed by atoms with Gasteiger partial charge in [-0.25, -0.2) is 0 Å². The monoisotopic (exact) mass is 301 g/mol. The molecule has 0 amide bonds. The average Bonchev–Trinajstić information content (AvgIpc) is 2.59. The lowest BCUT2D eigenvalue weighted by Gasteiger charge is -2.29. The number of nitrogens with zero attached hydrogens (tertiary/aromatic N) is 1. The summed E-state index contributed by atoms with van der Waals surface area (Å²) in [6.45, 7) is 3.81. The molecule has 0 N–H and O–H groups in total. The lowest BCUT2D eigenvalue weighted by Crippen LogP contribution is -2.27. The molecule has 1 heterocycles. The largest absolute Gasteiger partial charge is 0.348 e. The maximum absolute atomic E-state index is 8.81. The van der Waals surface area contributed by atoms with Gasteiger partial charge in [0.05, 0.1) is 24.8 Å². The number of hydrogen-bond donors (Lipinski definition) is 0. The molecule has 1 aliphatic rings. The Kier molecular flexibility index (Phi) is 7.42. The van der Waals surface area contributed by atoms with Crippen LogP contribution in [0.3, 0.4) is 0 Å². The minimum absolute atomic E-state index is 0.270. The van der Waals surface area contributed by atoms with E-state index in [4.69, 9.17) is 14.7 Å². The first kappa shape index (κ1) is 17.0. The van der Waals surface area contributed by atoms with Crippen LogP contribution in [-0.4, -0.2) is 13.2 Å². The molecule has 0 unspecified atom stereocenters. The molecule has 0 saturated carbocycles. The topological polar surface area (TPSA) is 42.2 Å². The van der Waals surface area contributed by atoms with Crippen LogP contribution >= 0.6 is 0 Å². The summed E-state index contributed by atoms with van der Waals surface area (Å²) < 4.78 is 11.7. The minimum Gasteiger partial charge on any atom is -0.348 e. The molecule has 1 aliphatic heterocycles. The van der Waals surface area contributed by atoms with Crippen molar-refractivity contribution in [1.29, 1.82) is 5.26 Å².